The maximum atomic E-state index is 6.32. The fourth-order valence-corrected chi connectivity index (χ4v) is 5.04. The molecule has 38 heavy (non-hydrogen) atoms. The lowest BCUT2D eigenvalue weighted by Crippen LogP contribution is -2.49. The molecule has 1 saturated heterocycles. The van der Waals surface area contributed by atoms with Crippen molar-refractivity contribution < 1.29 is 0 Å². The lowest BCUT2D eigenvalue weighted by Gasteiger charge is -2.41. The highest BCUT2D eigenvalue weighted by atomic mass is 32.2. The van der Waals surface area contributed by atoms with Gasteiger partial charge in [-0.15, -0.1) is 11.8 Å². The Morgan fingerprint density at radius 2 is 1.84 bits per heavy atom. The number of rotatable bonds is 13. The van der Waals surface area contributed by atoms with Crippen LogP contribution in [0.3, 0.4) is 0 Å². The zero-order valence-electron chi connectivity index (χ0n) is 25.0. The highest BCUT2D eigenvalue weighted by molar-refractivity contribution is 8.02. The molecule has 2 rings (SSSR count). The number of hydrogen-bond acceptors (Lipinski definition) is 6. The summed E-state index contributed by atoms with van der Waals surface area (Å²) in [6, 6.07) is 0.164. The van der Waals surface area contributed by atoms with E-state index in [2.05, 4.69) is 99.0 Å². The number of likely N-dealkylation sites (tertiary alicyclic amines) is 1. The molecule has 212 valence electrons. The predicted octanol–water partition coefficient (Wildman–Crippen LogP) is 7.16. The summed E-state index contributed by atoms with van der Waals surface area (Å²) in [6.45, 7) is 28.8. The first kappa shape index (κ1) is 33.6. The zero-order chi connectivity index (χ0) is 28.7. The van der Waals surface area contributed by atoms with E-state index < -0.39 is 0 Å². The van der Waals surface area contributed by atoms with Crippen molar-refractivity contribution in [2.75, 3.05) is 32.4 Å². The topological polar surface area (TPSA) is 56.9 Å². The number of nitrogens with one attached hydrogen (secondary N) is 1. The molecular weight excluding hydrogens is 486 g/mol. The molecule has 3 N–H and O–H groups in total. The first-order chi connectivity index (χ1) is 18.0. The van der Waals surface area contributed by atoms with Gasteiger partial charge in [0.05, 0.1) is 23.1 Å². The van der Waals surface area contributed by atoms with Crippen molar-refractivity contribution in [1.29, 1.82) is 0 Å². The van der Waals surface area contributed by atoms with E-state index in [-0.39, 0.29) is 11.6 Å². The van der Waals surface area contributed by atoms with E-state index in [9.17, 15) is 0 Å². The summed E-state index contributed by atoms with van der Waals surface area (Å²) in [5.41, 5.74) is 13.4. The predicted molar refractivity (Wildman–Crippen MR) is 172 cm³/mol. The summed E-state index contributed by atoms with van der Waals surface area (Å²) in [6.07, 6.45) is 13.3. The van der Waals surface area contributed by atoms with Crippen LogP contribution in [-0.4, -0.2) is 60.5 Å². The van der Waals surface area contributed by atoms with Crippen molar-refractivity contribution in [3.63, 3.8) is 0 Å². The van der Waals surface area contributed by atoms with E-state index in [1.807, 2.05) is 19.1 Å². The average Bonchev–Trinajstić information content (AvgIpc) is 2.89. The van der Waals surface area contributed by atoms with Gasteiger partial charge >= 0.3 is 0 Å². The second-order valence-corrected chi connectivity index (χ2v) is 11.6. The first-order valence-electron chi connectivity index (χ1n) is 13.9. The first-order valence-corrected chi connectivity index (χ1v) is 14.9. The molecule has 0 spiro atoms. The maximum Gasteiger partial charge on any atom is 0.0742 e. The van der Waals surface area contributed by atoms with Crippen LogP contribution in [-0.2, 0) is 0 Å². The molecule has 0 bridgehead atoms. The normalized spacial score (nSPS) is 18.7. The molecule has 0 aromatic rings. The van der Waals surface area contributed by atoms with Gasteiger partial charge < -0.3 is 20.9 Å². The second kappa shape index (κ2) is 17.2. The number of allylic oxidation sites excluding steroid dienone is 5. The molecule has 1 fully saturated rings. The third-order valence-electron chi connectivity index (χ3n) is 6.87. The van der Waals surface area contributed by atoms with Crippen molar-refractivity contribution in [1.82, 2.24) is 15.1 Å². The van der Waals surface area contributed by atoms with Crippen LogP contribution >= 0.6 is 11.8 Å². The van der Waals surface area contributed by atoms with Crippen LogP contribution in [0.15, 0.2) is 88.4 Å². The van der Waals surface area contributed by atoms with Gasteiger partial charge in [0.2, 0.25) is 0 Å². The minimum absolute atomic E-state index is 0.0359. The van der Waals surface area contributed by atoms with Gasteiger partial charge in [0.15, 0.2) is 0 Å². The summed E-state index contributed by atoms with van der Waals surface area (Å²) in [5, 5.41) is 5.86. The Labute approximate surface area is 238 Å². The molecule has 5 nitrogen and oxygen atoms in total. The molecule has 0 saturated carbocycles. The molecular formula is C32H53N5S. The number of likely N-dealkylation sites (N-methyl/N-ethyl adjacent to an activating group) is 1. The Hall–Kier alpha value is -2.44. The van der Waals surface area contributed by atoms with Crippen molar-refractivity contribution in [2.45, 2.75) is 78.3 Å². The number of nitrogens with zero attached hydrogens (tertiary/aromatic N) is 3. The minimum atomic E-state index is -0.0359. The van der Waals surface area contributed by atoms with E-state index in [4.69, 9.17) is 5.73 Å². The molecule has 0 aromatic heterocycles. The largest absolute Gasteiger partial charge is 0.375 e. The van der Waals surface area contributed by atoms with E-state index >= 15 is 0 Å². The Kier molecular flexibility index (Phi) is 15.2. The Bertz CT molecular complexity index is 927. The molecule has 0 radical (unpaired) electrons. The molecule has 2 aliphatic heterocycles. The van der Waals surface area contributed by atoms with Crippen molar-refractivity contribution in [3.8, 4) is 0 Å². The number of piperidine rings is 1. The van der Waals surface area contributed by atoms with Gasteiger partial charge in [-0.1, -0.05) is 58.2 Å². The highest BCUT2D eigenvalue weighted by Crippen LogP contribution is 2.27. The van der Waals surface area contributed by atoms with Gasteiger partial charge in [0.1, 0.15) is 0 Å². The molecule has 0 aliphatic carbocycles. The monoisotopic (exact) mass is 539 g/mol. The number of hydrogen-bond donors (Lipinski definition) is 2. The van der Waals surface area contributed by atoms with E-state index in [1.54, 1.807) is 11.8 Å². The quantitative estimate of drug-likeness (QED) is 0.148. The molecule has 2 aliphatic rings. The lowest BCUT2D eigenvalue weighted by molar-refractivity contribution is 0.208. The molecule has 1 atom stereocenters. The Balaban J connectivity index is 0.000000508. The minimum Gasteiger partial charge on any atom is -0.375 e. The van der Waals surface area contributed by atoms with Gasteiger partial charge in [-0.05, 0) is 81.1 Å². The fourth-order valence-electron chi connectivity index (χ4n) is 4.46. The lowest BCUT2D eigenvalue weighted by atomic mass is 9.90. The molecule has 0 amide bonds. The van der Waals surface area contributed by atoms with Crippen LogP contribution in [0.1, 0.15) is 66.7 Å². The smallest absolute Gasteiger partial charge is 0.0742 e. The van der Waals surface area contributed by atoms with Crippen LogP contribution in [0.2, 0.25) is 0 Å². The summed E-state index contributed by atoms with van der Waals surface area (Å²) in [5.74, 6) is 1.04. The van der Waals surface area contributed by atoms with Gasteiger partial charge in [-0.3, -0.25) is 4.99 Å². The van der Waals surface area contributed by atoms with Crippen LogP contribution in [0.4, 0.5) is 0 Å². The van der Waals surface area contributed by atoms with Crippen LogP contribution < -0.4 is 11.1 Å². The second-order valence-electron chi connectivity index (χ2n) is 10.4. The fraction of sp³-hybridized carbons (Fsp3) is 0.531. The van der Waals surface area contributed by atoms with E-state index in [1.165, 1.54) is 22.5 Å². The Morgan fingerprint density at radius 3 is 2.32 bits per heavy atom. The van der Waals surface area contributed by atoms with Crippen LogP contribution in [0.25, 0.3) is 0 Å². The third kappa shape index (κ3) is 11.1. The summed E-state index contributed by atoms with van der Waals surface area (Å²) in [4.78, 5) is 8.96. The zero-order valence-corrected chi connectivity index (χ0v) is 25.8. The van der Waals surface area contributed by atoms with Crippen LogP contribution in [0, 0.1) is 0 Å². The van der Waals surface area contributed by atoms with Gasteiger partial charge in [0.25, 0.3) is 0 Å². The summed E-state index contributed by atoms with van der Waals surface area (Å²) >= 11 is 1.77. The summed E-state index contributed by atoms with van der Waals surface area (Å²) < 4.78 is 0. The van der Waals surface area contributed by atoms with E-state index in [0.29, 0.717) is 0 Å². The van der Waals surface area contributed by atoms with Crippen molar-refractivity contribution in [3.05, 3.63) is 83.4 Å². The van der Waals surface area contributed by atoms with Crippen molar-refractivity contribution >= 4 is 18.5 Å². The number of nitrogens with two attached hydrogens (primary N) is 1. The van der Waals surface area contributed by atoms with Gasteiger partial charge in [-0.25, -0.2) is 0 Å². The van der Waals surface area contributed by atoms with Crippen molar-refractivity contribution in [2.24, 2.45) is 10.7 Å². The molecule has 1 unspecified atom stereocenters. The van der Waals surface area contributed by atoms with Crippen LogP contribution in [0.5, 0.6) is 0 Å². The van der Waals surface area contributed by atoms with Gasteiger partial charge in [0, 0.05) is 38.4 Å². The molecule has 6 heteroatoms. The molecule has 0 aromatic carbocycles. The highest BCUT2D eigenvalue weighted by Gasteiger charge is 2.29. The van der Waals surface area contributed by atoms with Gasteiger partial charge in [-0.2, -0.15) is 0 Å². The average molecular weight is 540 g/mol. The maximum absolute atomic E-state index is 6.32. The third-order valence-corrected chi connectivity index (χ3v) is 7.61. The SMILES string of the molecule is C=C/C(CC)=C(\C=C)CC(=C)C.C=N/C(=C\SCC)C(CC)NC1=CN(C)CC=C1N1CCC(C)(N)CC1. The summed E-state index contributed by atoms with van der Waals surface area (Å²) in [7, 11) is 2.11. The number of thioether (sulfide) groups is 1. The molecule has 2 heterocycles. The standard InChI is InChI=1S/C20H35N5S.C12H18/c1-6-16(18(22-4)15-26-7-2)23-17-14-24(5)11-8-19(17)25-12-9-20(3,21)10-13-25;1-6-11(7-2)12(8-3)9-10(4)5/h8,14-16,23H,4,6-7,9-13,21H2,1-3,5H3;6,8H,1,3-4,7,9H2,2,5H3/b18-15-;12-11-. The van der Waals surface area contributed by atoms with E-state index in [0.717, 1.165) is 68.8 Å². The Morgan fingerprint density at radius 1 is 1.21 bits per heavy atom. The number of aliphatic imine (C=N–C) groups is 1.